The lowest BCUT2D eigenvalue weighted by Gasteiger charge is -2.19. The van der Waals surface area contributed by atoms with Crippen LogP contribution in [0.15, 0.2) is 36.4 Å². The third-order valence-electron chi connectivity index (χ3n) is 3.45. The Bertz CT molecular complexity index is 634. The Morgan fingerprint density at radius 2 is 2.10 bits per heavy atom. The van der Waals surface area contributed by atoms with Gasteiger partial charge in [0.25, 0.3) is 0 Å². The number of hydrazine groups is 1. The van der Waals surface area contributed by atoms with Crippen LogP contribution in [-0.4, -0.2) is 7.11 Å². The molecule has 0 saturated carbocycles. The Balaban J connectivity index is 2.27. The van der Waals surface area contributed by atoms with Crippen LogP contribution in [0, 0.1) is 16.3 Å². The fourth-order valence-corrected chi connectivity index (χ4v) is 3.01. The normalized spacial score (nSPS) is 12.2. The van der Waals surface area contributed by atoms with Crippen molar-refractivity contribution in [3.05, 3.63) is 62.5 Å². The molecule has 21 heavy (non-hydrogen) atoms. The van der Waals surface area contributed by atoms with Gasteiger partial charge in [0.15, 0.2) is 11.6 Å². The van der Waals surface area contributed by atoms with Crippen molar-refractivity contribution >= 4 is 22.6 Å². The van der Waals surface area contributed by atoms with Gasteiger partial charge in [0, 0.05) is 3.57 Å². The minimum Gasteiger partial charge on any atom is -0.494 e. The molecule has 0 radical (unpaired) electrons. The number of rotatable bonds is 5. The van der Waals surface area contributed by atoms with Crippen molar-refractivity contribution in [2.45, 2.75) is 19.4 Å². The van der Waals surface area contributed by atoms with E-state index in [0.29, 0.717) is 6.42 Å². The summed E-state index contributed by atoms with van der Waals surface area (Å²) in [6, 6.07) is 11.0. The molecular weight excluding hydrogens is 382 g/mol. The first-order valence-electron chi connectivity index (χ1n) is 6.60. The highest BCUT2D eigenvalue weighted by Crippen LogP contribution is 2.26. The minimum absolute atomic E-state index is 0.0652. The van der Waals surface area contributed by atoms with Gasteiger partial charge in [-0.05, 0) is 64.8 Å². The number of halogens is 2. The van der Waals surface area contributed by atoms with Crippen molar-refractivity contribution < 1.29 is 9.13 Å². The first-order chi connectivity index (χ1) is 10.1. The van der Waals surface area contributed by atoms with Crippen LogP contribution in [-0.2, 0) is 6.42 Å². The second-order valence-corrected chi connectivity index (χ2v) is 5.95. The van der Waals surface area contributed by atoms with Crippen LogP contribution in [0.2, 0.25) is 0 Å². The number of hydrogen-bond donors (Lipinski definition) is 2. The quantitative estimate of drug-likeness (QED) is 0.459. The average molecular weight is 400 g/mol. The molecule has 3 nitrogen and oxygen atoms in total. The van der Waals surface area contributed by atoms with Crippen LogP contribution >= 0.6 is 22.6 Å². The van der Waals surface area contributed by atoms with Crippen molar-refractivity contribution in [1.82, 2.24) is 5.43 Å². The highest BCUT2D eigenvalue weighted by molar-refractivity contribution is 14.1. The Labute approximate surface area is 137 Å². The molecule has 5 heteroatoms. The van der Waals surface area contributed by atoms with Gasteiger partial charge in [-0.15, -0.1) is 0 Å². The highest BCUT2D eigenvalue weighted by Gasteiger charge is 2.15. The monoisotopic (exact) mass is 400 g/mol. The maximum Gasteiger partial charge on any atom is 0.165 e. The topological polar surface area (TPSA) is 47.3 Å². The Hall–Kier alpha value is -1.18. The third-order valence-corrected chi connectivity index (χ3v) is 4.93. The van der Waals surface area contributed by atoms with Crippen LogP contribution in [0.25, 0.3) is 0 Å². The largest absolute Gasteiger partial charge is 0.494 e. The molecular formula is C16H18FIN2O. The molecule has 1 unspecified atom stereocenters. The fraction of sp³-hybridized carbons (Fsp3) is 0.250. The molecule has 0 aromatic heterocycles. The smallest absolute Gasteiger partial charge is 0.165 e. The van der Waals surface area contributed by atoms with Gasteiger partial charge in [0.1, 0.15) is 0 Å². The summed E-state index contributed by atoms with van der Waals surface area (Å²) in [6.45, 7) is 2.06. The van der Waals surface area contributed by atoms with Crippen LogP contribution in [0.5, 0.6) is 5.75 Å². The van der Waals surface area contributed by atoms with E-state index in [1.54, 1.807) is 6.07 Å². The predicted octanol–water partition coefficient (Wildman–Crippen LogP) is 3.49. The van der Waals surface area contributed by atoms with E-state index in [-0.39, 0.29) is 17.6 Å². The van der Waals surface area contributed by atoms with E-state index in [2.05, 4.69) is 41.0 Å². The molecule has 0 heterocycles. The van der Waals surface area contributed by atoms with Crippen molar-refractivity contribution in [1.29, 1.82) is 0 Å². The summed E-state index contributed by atoms with van der Waals surface area (Å²) in [5.74, 6) is 5.59. The molecule has 112 valence electrons. The molecule has 0 amide bonds. The molecule has 0 bridgehead atoms. The van der Waals surface area contributed by atoms with Crippen LogP contribution in [0.3, 0.4) is 0 Å². The van der Waals surface area contributed by atoms with E-state index in [0.717, 1.165) is 11.1 Å². The van der Waals surface area contributed by atoms with Crippen molar-refractivity contribution in [2.24, 2.45) is 5.84 Å². The summed E-state index contributed by atoms with van der Waals surface area (Å²) in [6.07, 6.45) is 0.608. The SMILES string of the molecule is COc1ccc(CC(NN)c2cccc(C)c2I)cc1F. The van der Waals surface area contributed by atoms with Crippen molar-refractivity contribution in [2.75, 3.05) is 7.11 Å². The summed E-state index contributed by atoms with van der Waals surface area (Å²) in [7, 11) is 1.46. The lowest BCUT2D eigenvalue weighted by atomic mass is 9.98. The maximum absolute atomic E-state index is 13.8. The number of hydrogen-bond acceptors (Lipinski definition) is 3. The van der Waals surface area contributed by atoms with E-state index in [1.807, 2.05) is 18.2 Å². The van der Waals surface area contributed by atoms with Gasteiger partial charge in [-0.1, -0.05) is 24.3 Å². The molecule has 0 spiro atoms. The molecule has 1 atom stereocenters. The van der Waals surface area contributed by atoms with Gasteiger partial charge in [0.2, 0.25) is 0 Å². The Morgan fingerprint density at radius 1 is 1.33 bits per heavy atom. The van der Waals surface area contributed by atoms with E-state index in [4.69, 9.17) is 10.6 Å². The molecule has 2 aromatic rings. The zero-order valence-corrected chi connectivity index (χ0v) is 14.1. The number of ether oxygens (including phenoxy) is 1. The van der Waals surface area contributed by atoms with Gasteiger partial charge in [-0.2, -0.15) is 0 Å². The standard InChI is InChI=1S/C16H18FIN2O/c1-10-4-3-5-12(16(10)18)14(20-19)9-11-6-7-15(21-2)13(17)8-11/h3-8,14,20H,9,19H2,1-2H3. The van der Waals surface area contributed by atoms with Crippen molar-refractivity contribution in [3.8, 4) is 5.75 Å². The summed E-state index contributed by atoms with van der Waals surface area (Å²) in [5, 5.41) is 0. The molecule has 0 aliphatic rings. The first-order valence-corrected chi connectivity index (χ1v) is 7.68. The summed E-state index contributed by atoms with van der Waals surface area (Å²) in [4.78, 5) is 0. The van der Waals surface area contributed by atoms with Gasteiger partial charge in [-0.25, -0.2) is 4.39 Å². The second kappa shape index (κ2) is 7.20. The lowest BCUT2D eigenvalue weighted by molar-refractivity contribution is 0.386. The van der Waals surface area contributed by atoms with Gasteiger partial charge >= 0.3 is 0 Å². The lowest BCUT2D eigenvalue weighted by Crippen LogP contribution is -2.30. The first kappa shape index (κ1) is 16.2. The summed E-state index contributed by atoms with van der Waals surface area (Å²) < 4.78 is 19.9. The Morgan fingerprint density at radius 3 is 2.71 bits per heavy atom. The molecule has 2 aromatic carbocycles. The zero-order valence-electron chi connectivity index (χ0n) is 12.0. The van der Waals surface area contributed by atoms with E-state index < -0.39 is 0 Å². The number of aryl methyl sites for hydroxylation is 1. The van der Waals surface area contributed by atoms with Crippen LogP contribution in [0.4, 0.5) is 4.39 Å². The van der Waals surface area contributed by atoms with Crippen molar-refractivity contribution in [3.63, 3.8) is 0 Å². The van der Waals surface area contributed by atoms with Gasteiger partial charge in [-0.3, -0.25) is 11.3 Å². The zero-order chi connectivity index (χ0) is 15.4. The highest BCUT2D eigenvalue weighted by atomic mass is 127. The van der Waals surface area contributed by atoms with E-state index >= 15 is 0 Å². The number of benzene rings is 2. The molecule has 0 saturated heterocycles. The number of nitrogens with two attached hydrogens (primary N) is 1. The second-order valence-electron chi connectivity index (χ2n) is 4.87. The number of methoxy groups -OCH3 is 1. The van der Waals surface area contributed by atoms with Gasteiger partial charge in [0.05, 0.1) is 13.2 Å². The molecule has 3 N–H and O–H groups in total. The van der Waals surface area contributed by atoms with Gasteiger partial charge < -0.3 is 4.74 Å². The summed E-state index contributed by atoms with van der Waals surface area (Å²) >= 11 is 2.31. The third kappa shape index (κ3) is 3.72. The average Bonchev–Trinajstić information content (AvgIpc) is 2.48. The van der Waals surface area contributed by atoms with Crippen LogP contribution in [0.1, 0.15) is 22.7 Å². The predicted molar refractivity (Wildman–Crippen MR) is 90.6 cm³/mol. The number of nitrogens with one attached hydrogen (secondary N) is 1. The maximum atomic E-state index is 13.8. The van der Waals surface area contributed by atoms with Crippen LogP contribution < -0.4 is 16.0 Å². The van der Waals surface area contributed by atoms with E-state index in [9.17, 15) is 4.39 Å². The molecule has 2 rings (SSSR count). The summed E-state index contributed by atoms with van der Waals surface area (Å²) in [5.41, 5.74) is 6.02. The molecule has 0 aliphatic carbocycles. The Kier molecular flexibility index (Phi) is 5.55. The van der Waals surface area contributed by atoms with E-state index in [1.165, 1.54) is 22.3 Å². The molecule has 0 fully saturated rings. The molecule has 0 aliphatic heterocycles. The minimum atomic E-state index is -0.357. The fourth-order valence-electron chi connectivity index (χ4n) is 2.27.